The van der Waals surface area contributed by atoms with E-state index < -0.39 is 68.3 Å². The van der Waals surface area contributed by atoms with Crippen LogP contribution in [0.2, 0.25) is 0 Å². The van der Waals surface area contributed by atoms with E-state index in [1.165, 1.54) is 0 Å². The zero-order valence-corrected chi connectivity index (χ0v) is 13.8. The van der Waals surface area contributed by atoms with Gasteiger partial charge in [-0.1, -0.05) is 0 Å². The van der Waals surface area contributed by atoms with E-state index in [1.807, 2.05) is 0 Å². The molecule has 9 atom stereocenters. The van der Waals surface area contributed by atoms with Crippen LogP contribution in [0.4, 0.5) is 0 Å². The fourth-order valence-corrected chi connectivity index (χ4v) is 2.35. The maximum Gasteiger partial charge on any atom is 0.184 e. The Morgan fingerprint density at radius 3 is 1.91 bits per heavy atom. The van der Waals surface area contributed by atoms with E-state index in [2.05, 4.69) is 0 Å². The molecule has 0 saturated carbocycles. The zero-order valence-electron chi connectivity index (χ0n) is 11.8. The molecule has 0 amide bonds. The third-order valence-corrected chi connectivity index (χ3v) is 3.77. The summed E-state index contributed by atoms with van der Waals surface area (Å²) in [5.74, 6) is 0. The largest absolute Gasteiger partial charge is 0.544 e. The minimum absolute atomic E-state index is 0. The summed E-state index contributed by atoms with van der Waals surface area (Å²) < 4.78 is 15.4. The summed E-state index contributed by atoms with van der Waals surface area (Å²) in [6.07, 6.45) is -12.5. The molecule has 0 aromatic heterocycles. The van der Waals surface area contributed by atoms with Gasteiger partial charge in [-0.15, -0.1) is 0 Å². The molecule has 141 valence electrons. The number of rotatable bonds is 4. The second-order valence-electron chi connectivity index (χ2n) is 5.27. The van der Waals surface area contributed by atoms with Crippen molar-refractivity contribution in [2.24, 2.45) is 0 Å². The maximum atomic E-state index is 9.90. The van der Waals surface area contributed by atoms with Crippen molar-refractivity contribution in [3.05, 3.63) is 6.61 Å². The van der Waals surface area contributed by atoms with E-state index in [0.717, 1.165) is 6.61 Å². The Bertz CT molecular complexity index is 359. The summed E-state index contributed by atoms with van der Waals surface area (Å²) >= 11 is 0. The number of ether oxygens (including phenoxy) is 3. The average molecular weight is 490 g/mol. The molecular weight excluding hydrogens is 469 g/mol. The maximum absolute atomic E-state index is 9.90. The number of aliphatic hydroxyl groups is 7. The summed E-state index contributed by atoms with van der Waals surface area (Å²) in [5, 5.41) is 66.7. The molecule has 10 nitrogen and oxygen atoms in total. The van der Waals surface area contributed by atoms with E-state index >= 15 is 0 Å². The van der Waals surface area contributed by atoms with Gasteiger partial charge in [-0.2, -0.15) is 6.61 Å². The minimum Gasteiger partial charge on any atom is -0.544 e. The fourth-order valence-electron chi connectivity index (χ4n) is 2.35. The Hall–Kier alpha value is 0.860. The Labute approximate surface area is 162 Å². The van der Waals surface area contributed by atoms with Crippen molar-refractivity contribution in [2.75, 3.05) is 13.2 Å². The third kappa shape index (κ3) is 4.73. The van der Waals surface area contributed by atoms with E-state index in [0.29, 0.717) is 0 Å². The molecule has 2 fully saturated rings. The molecular formula is C12H21HoO10-. The molecule has 0 aromatic carbocycles. The van der Waals surface area contributed by atoms with Gasteiger partial charge in [0, 0.05) is 37.7 Å². The van der Waals surface area contributed by atoms with Gasteiger partial charge in [-0.25, -0.2) is 0 Å². The summed E-state index contributed by atoms with van der Waals surface area (Å²) in [7, 11) is 0. The van der Waals surface area contributed by atoms with Crippen molar-refractivity contribution in [2.45, 2.75) is 55.1 Å². The van der Waals surface area contributed by atoms with Crippen LogP contribution in [0.3, 0.4) is 0 Å². The van der Waals surface area contributed by atoms with Gasteiger partial charge in [-0.3, -0.25) is 0 Å². The second-order valence-corrected chi connectivity index (χ2v) is 5.27. The molecule has 2 rings (SSSR count). The molecule has 23 heavy (non-hydrogen) atoms. The average Bonchev–Trinajstić information content (AvgIpc) is 2.52. The Morgan fingerprint density at radius 2 is 1.35 bits per heavy atom. The first-order valence-corrected chi connectivity index (χ1v) is 6.82. The van der Waals surface area contributed by atoms with Crippen LogP contribution in [0.15, 0.2) is 0 Å². The van der Waals surface area contributed by atoms with Gasteiger partial charge in [0.15, 0.2) is 6.29 Å². The third-order valence-electron chi connectivity index (χ3n) is 3.77. The van der Waals surface area contributed by atoms with Crippen LogP contribution < -0.4 is 0 Å². The molecule has 0 spiro atoms. The Balaban J connectivity index is 0.00000264. The van der Waals surface area contributed by atoms with E-state index in [1.54, 1.807) is 0 Å². The van der Waals surface area contributed by atoms with Crippen molar-refractivity contribution in [1.82, 2.24) is 0 Å². The summed E-state index contributed by atoms with van der Waals surface area (Å²) in [4.78, 5) is 0. The topological polar surface area (TPSA) is 169 Å². The molecule has 0 aliphatic carbocycles. The first kappa shape index (κ1) is 21.9. The number of hydrogen-bond donors (Lipinski definition) is 7. The standard InChI is InChI=1S/C12H21O10.Ho/c13-1-4-7(15)9(17)6(3-20-4)22-12-11(19)10(18)8(16)5(2-14)21-12;/h3-19H,1-2H2;/q-1;. The van der Waals surface area contributed by atoms with Gasteiger partial charge in [0.2, 0.25) is 0 Å². The Kier molecular flexibility index (Phi) is 9.07. The predicted octanol–water partition coefficient (Wildman–Crippen LogP) is -4.55. The van der Waals surface area contributed by atoms with Crippen molar-refractivity contribution in [3.63, 3.8) is 0 Å². The zero-order chi connectivity index (χ0) is 16.4. The van der Waals surface area contributed by atoms with Gasteiger partial charge in [0.05, 0.1) is 25.4 Å². The molecule has 1 radical (unpaired) electrons. The van der Waals surface area contributed by atoms with Gasteiger partial charge in [0.25, 0.3) is 0 Å². The number of hydrogen-bond acceptors (Lipinski definition) is 10. The Morgan fingerprint density at radius 1 is 0.783 bits per heavy atom. The van der Waals surface area contributed by atoms with Crippen LogP contribution in [0.5, 0.6) is 0 Å². The molecule has 7 N–H and O–H groups in total. The van der Waals surface area contributed by atoms with E-state index in [9.17, 15) is 25.5 Å². The summed E-state index contributed by atoms with van der Waals surface area (Å²) in [6.45, 7) is -0.103. The van der Waals surface area contributed by atoms with Crippen molar-refractivity contribution < 1.29 is 87.7 Å². The quantitative estimate of drug-likeness (QED) is 0.151. The summed E-state index contributed by atoms with van der Waals surface area (Å²) in [5.41, 5.74) is 0. The van der Waals surface area contributed by atoms with Crippen LogP contribution in [0.1, 0.15) is 0 Å². The monoisotopic (exact) mass is 490 g/mol. The molecule has 0 bridgehead atoms. The molecule has 2 heterocycles. The van der Waals surface area contributed by atoms with Crippen LogP contribution in [-0.2, 0) is 14.2 Å². The van der Waals surface area contributed by atoms with Crippen molar-refractivity contribution >= 4 is 0 Å². The molecule has 2 saturated heterocycles. The summed E-state index contributed by atoms with van der Waals surface area (Å²) in [6, 6.07) is 0. The van der Waals surface area contributed by atoms with Crippen LogP contribution in [-0.4, -0.2) is 104 Å². The van der Waals surface area contributed by atoms with Crippen LogP contribution in [0, 0.1) is 44.3 Å². The van der Waals surface area contributed by atoms with Crippen molar-refractivity contribution in [3.8, 4) is 0 Å². The molecule has 9 unspecified atom stereocenters. The van der Waals surface area contributed by atoms with E-state index in [-0.39, 0.29) is 37.7 Å². The SMILES string of the molecule is OCC1O[CH-]C(OC2OC(CO)C(O)C(O)C2O)C(O)C1O.[Ho]. The van der Waals surface area contributed by atoms with Crippen LogP contribution >= 0.6 is 0 Å². The number of aliphatic hydroxyl groups excluding tert-OH is 7. The molecule has 2 aliphatic rings. The van der Waals surface area contributed by atoms with Crippen molar-refractivity contribution in [1.29, 1.82) is 0 Å². The van der Waals surface area contributed by atoms with Gasteiger partial charge in [0.1, 0.15) is 30.5 Å². The molecule has 0 aromatic rings. The second kappa shape index (κ2) is 9.53. The normalized spacial score (nSPS) is 47.9. The smallest absolute Gasteiger partial charge is 0.184 e. The van der Waals surface area contributed by atoms with Crippen LogP contribution in [0.25, 0.3) is 0 Å². The van der Waals surface area contributed by atoms with E-state index in [4.69, 9.17) is 24.4 Å². The van der Waals surface area contributed by atoms with Gasteiger partial charge in [-0.05, 0) is 6.10 Å². The molecule has 2 aliphatic heterocycles. The molecule has 11 heteroatoms. The first-order chi connectivity index (χ1) is 10.4. The minimum atomic E-state index is -1.63. The fraction of sp³-hybridized carbons (Fsp3) is 0.917. The van der Waals surface area contributed by atoms with Gasteiger partial charge >= 0.3 is 0 Å². The van der Waals surface area contributed by atoms with Gasteiger partial charge < -0.3 is 50.0 Å². The first-order valence-electron chi connectivity index (χ1n) is 6.82. The predicted molar refractivity (Wildman–Crippen MR) is 66.9 cm³/mol.